The minimum Gasteiger partial charge on any atom is -0.345 e. The van der Waals surface area contributed by atoms with Crippen molar-refractivity contribution in [3.8, 4) is 11.4 Å². The van der Waals surface area contributed by atoms with Gasteiger partial charge in [0.2, 0.25) is 5.91 Å². The molecular formula is C20H20FN5O2S. The number of carbonyl (C=O) groups excluding carboxylic acids is 2. The highest BCUT2D eigenvalue weighted by molar-refractivity contribution is 7.99. The van der Waals surface area contributed by atoms with Crippen molar-refractivity contribution in [2.45, 2.75) is 5.16 Å². The first-order valence-electron chi connectivity index (χ1n) is 8.75. The molecule has 0 bridgehead atoms. The van der Waals surface area contributed by atoms with Gasteiger partial charge in [-0.3, -0.25) is 9.59 Å². The van der Waals surface area contributed by atoms with E-state index in [9.17, 15) is 14.0 Å². The quantitative estimate of drug-likeness (QED) is 0.629. The van der Waals surface area contributed by atoms with Gasteiger partial charge in [0, 0.05) is 38.0 Å². The molecule has 0 spiro atoms. The zero-order chi connectivity index (χ0) is 21.0. The fourth-order valence-corrected chi connectivity index (χ4v) is 3.28. The lowest BCUT2D eigenvalue weighted by Crippen LogP contribution is -2.21. The molecule has 0 saturated heterocycles. The predicted molar refractivity (Wildman–Crippen MR) is 110 cm³/mol. The smallest absolute Gasteiger partial charge is 0.253 e. The normalized spacial score (nSPS) is 10.6. The van der Waals surface area contributed by atoms with Crippen LogP contribution in [0.4, 0.5) is 10.1 Å². The van der Waals surface area contributed by atoms with E-state index in [1.807, 2.05) is 0 Å². The van der Waals surface area contributed by atoms with Crippen molar-refractivity contribution in [3.05, 3.63) is 59.9 Å². The van der Waals surface area contributed by atoms with E-state index in [0.717, 1.165) is 5.56 Å². The van der Waals surface area contributed by atoms with Crippen LogP contribution in [0.15, 0.2) is 53.7 Å². The Labute approximate surface area is 171 Å². The number of rotatable bonds is 6. The predicted octanol–water partition coefficient (Wildman–Crippen LogP) is 3.05. The van der Waals surface area contributed by atoms with Crippen molar-refractivity contribution >= 4 is 29.3 Å². The van der Waals surface area contributed by atoms with E-state index in [1.54, 1.807) is 62.1 Å². The molecule has 0 fully saturated rings. The lowest BCUT2D eigenvalue weighted by molar-refractivity contribution is -0.113. The van der Waals surface area contributed by atoms with Crippen LogP contribution in [0.25, 0.3) is 11.4 Å². The molecule has 2 amide bonds. The minimum atomic E-state index is -0.318. The molecule has 9 heteroatoms. The van der Waals surface area contributed by atoms with Crippen LogP contribution < -0.4 is 5.32 Å². The van der Waals surface area contributed by atoms with Crippen LogP contribution in [0.2, 0.25) is 0 Å². The highest BCUT2D eigenvalue weighted by Gasteiger charge is 2.13. The highest BCUT2D eigenvalue weighted by Crippen LogP contribution is 2.23. The van der Waals surface area contributed by atoms with Crippen LogP contribution in [0.5, 0.6) is 0 Å². The second-order valence-electron chi connectivity index (χ2n) is 6.49. The summed E-state index contributed by atoms with van der Waals surface area (Å²) in [4.78, 5) is 25.6. The molecule has 3 rings (SSSR count). The van der Waals surface area contributed by atoms with Crippen molar-refractivity contribution < 1.29 is 14.0 Å². The lowest BCUT2D eigenvalue weighted by Gasteiger charge is -2.11. The Bertz CT molecular complexity index is 1020. The van der Waals surface area contributed by atoms with Gasteiger partial charge < -0.3 is 14.8 Å². The standard InChI is InChI=1S/C20H20FN5O2S/c1-25(2)19(28)14-6-10-16(11-7-14)22-17(27)12-29-20-24-23-18(26(20)3)13-4-8-15(21)9-5-13/h4-11H,12H2,1-3H3,(H,22,27). The maximum atomic E-state index is 13.1. The second-order valence-corrected chi connectivity index (χ2v) is 7.43. The number of halogens is 1. The molecule has 1 N–H and O–H groups in total. The third kappa shape index (κ3) is 5.00. The summed E-state index contributed by atoms with van der Waals surface area (Å²) in [5.41, 5.74) is 1.90. The molecule has 29 heavy (non-hydrogen) atoms. The van der Waals surface area contributed by atoms with Crippen LogP contribution in [-0.4, -0.2) is 51.3 Å². The number of aromatic nitrogens is 3. The summed E-state index contributed by atoms with van der Waals surface area (Å²) in [7, 11) is 5.16. The van der Waals surface area contributed by atoms with Gasteiger partial charge in [-0.25, -0.2) is 4.39 Å². The van der Waals surface area contributed by atoms with Crippen molar-refractivity contribution in [2.75, 3.05) is 25.2 Å². The van der Waals surface area contributed by atoms with Crippen molar-refractivity contribution in [1.82, 2.24) is 19.7 Å². The van der Waals surface area contributed by atoms with E-state index in [0.29, 0.717) is 22.2 Å². The van der Waals surface area contributed by atoms with E-state index < -0.39 is 0 Å². The summed E-state index contributed by atoms with van der Waals surface area (Å²) >= 11 is 1.25. The van der Waals surface area contributed by atoms with Crippen LogP contribution in [0, 0.1) is 5.82 Å². The van der Waals surface area contributed by atoms with Crippen molar-refractivity contribution in [1.29, 1.82) is 0 Å². The molecule has 3 aromatic rings. The molecule has 0 saturated carbocycles. The van der Waals surface area contributed by atoms with Crippen LogP contribution in [-0.2, 0) is 11.8 Å². The molecule has 0 aliphatic rings. The minimum absolute atomic E-state index is 0.0994. The molecule has 2 aromatic carbocycles. The number of nitrogens with one attached hydrogen (secondary N) is 1. The van der Waals surface area contributed by atoms with Gasteiger partial charge in [0.25, 0.3) is 5.91 Å². The van der Waals surface area contributed by atoms with Crippen molar-refractivity contribution in [3.63, 3.8) is 0 Å². The first-order valence-corrected chi connectivity index (χ1v) is 9.73. The zero-order valence-electron chi connectivity index (χ0n) is 16.2. The summed E-state index contributed by atoms with van der Waals surface area (Å²) in [6, 6.07) is 12.7. The van der Waals surface area contributed by atoms with E-state index in [1.165, 1.54) is 28.8 Å². The Morgan fingerprint density at radius 1 is 1.07 bits per heavy atom. The number of hydrogen-bond donors (Lipinski definition) is 1. The summed E-state index contributed by atoms with van der Waals surface area (Å²) in [5, 5.41) is 11.6. The maximum absolute atomic E-state index is 13.1. The monoisotopic (exact) mass is 413 g/mol. The molecule has 0 unspecified atom stereocenters. The number of hydrogen-bond acceptors (Lipinski definition) is 5. The molecule has 0 aliphatic heterocycles. The third-order valence-corrected chi connectivity index (χ3v) is 5.11. The summed E-state index contributed by atoms with van der Waals surface area (Å²) in [5.74, 6) is 0.120. The third-order valence-electron chi connectivity index (χ3n) is 4.09. The van der Waals surface area contributed by atoms with E-state index in [-0.39, 0.29) is 23.4 Å². The Morgan fingerprint density at radius 2 is 1.72 bits per heavy atom. The van der Waals surface area contributed by atoms with Gasteiger partial charge in [-0.2, -0.15) is 0 Å². The van der Waals surface area contributed by atoms with E-state index in [4.69, 9.17) is 0 Å². The number of benzene rings is 2. The Hall–Kier alpha value is -3.20. The van der Waals surface area contributed by atoms with Crippen LogP contribution in [0.1, 0.15) is 10.4 Å². The average molecular weight is 413 g/mol. The lowest BCUT2D eigenvalue weighted by atomic mass is 10.2. The zero-order valence-corrected chi connectivity index (χ0v) is 17.0. The molecule has 1 heterocycles. The molecule has 7 nitrogen and oxygen atoms in total. The number of nitrogens with zero attached hydrogens (tertiary/aromatic N) is 4. The second kappa shape index (κ2) is 8.87. The van der Waals surface area contributed by atoms with Gasteiger partial charge in [-0.15, -0.1) is 10.2 Å². The summed E-state index contributed by atoms with van der Waals surface area (Å²) in [6.07, 6.45) is 0. The van der Waals surface area contributed by atoms with Gasteiger partial charge in [0.15, 0.2) is 11.0 Å². The largest absolute Gasteiger partial charge is 0.345 e. The first-order chi connectivity index (χ1) is 13.8. The highest BCUT2D eigenvalue weighted by atomic mass is 32.2. The van der Waals surface area contributed by atoms with Gasteiger partial charge in [-0.05, 0) is 48.5 Å². The number of carbonyl (C=O) groups is 2. The number of thioether (sulfide) groups is 1. The Kier molecular flexibility index (Phi) is 6.28. The topological polar surface area (TPSA) is 80.1 Å². The summed E-state index contributed by atoms with van der Waals surface area (Å²) in [6.45, 7) is 0. The molecule has 150 valence electrons. The molecule has 0 radical (unpaired) electrons. The van der Waals surface area contributed by atoms with Crippen LogP contribution in [0.3, 0.4) is 0 Å². The maximum Gasteiger partial charge on any atom is 0.253 e. The fraction of sp³-hybridized carbons (Fsp3) is 0.200. The van der Waals surface area contributed by atoms with Crippen molar-refractivity contribution in [2.24, 2.45) is 7.05 Å². The fourth-order valence-electron chi connectivity index (χ4n) is 2.57. The molecule has 0 atom stereocenters. The van der Waals surface area contributed by atoms with Gasteiger partial charge in [0.1, 0.15) is 5.82 Å². The molecule has 0 aliphatic carbocycles. The first kappa shape index (κ1) is 20.5. The van der Waals surface area contributed by atoms with Gasteiger partial charge >= 0.3 is 0 Å². The van der Waals surface area contributed by atoms with Crippen LogP contribution >= 0.6 is 11.8 Å². The molecular weight excluding hydrogens is 393 g/mol. The Morgan fingerprint density at radius 3 is 2.34 bits per heavy atom. The van der Waals surface area contributed by atoms with Gasteiger partial charge in [-0.1, -0.05) is 11.8 Å². The Balaban J connectivity index is 1.58. The number of amides is 2. The van der Waals surface area contributed by atoms with Gasteiger partial charge in [0.05, 0.1) is 5.75 Å². The SMILES string of the molecule is CN(C)C(=O)c1ccc(NC(=O)CSc2nnc(-c3ccc(F)cc3)n2C)cc1. The summed E-state index contributed by atoms with van der Waals surface area (Å²) < 4.78 is 14.8. The molecule has 1 aromatic heterocycles. The average Bonchev–Trinajstić information content (AvgIpc) is 3.07. The van der Waals surface area contributed by atoms with E-state index >= 15 is 0 Å². The van der Waals surface area contributed by atoms with E-state index in [2.05, 4.69) is 15.5 Å². The number of anilines is 1.